The van der Waals surface area contributed by atoms with Gasteiger partial charge in [0, 0.05) is 12.8 Å². The summed E-state index contributed by atoms with van der Waals surface area (Å²) in [5.74, 6) is -1.98. The van der Waals surface area contributed by atoms with Gasteiger partial charge in [-0.3, -0.25) is 9.59 Å². The maximum Gasteiger partial charge on any atom is 0.361 e. The number of allylic oxidation sites excluding steroid dienone is 6. The van der Waals surface area contributed by atoms with Crippen molar-refractivity contribution < 1.29 is 42.9 Å². The van der Waals surface area contributed by atoms with Crippen LogP contribution < -0.4 is 0 Å². The van der Waals surface area contributed by atoms with Crippen molar-refractivity contribution in [3.63, 3.8) is 0 Å². The molecule has 0 aromatic heterocycles. The van der Waals surface area contributed by atoms with Crippen molar-refractivity contribution >= 4 is 17.9 Å². The number of hydrogen-bond donors (Lipinski definition) is 1. The van der Waals surface area contributed by atoms with Crippen molar-refractivity contribution in [2.75, 3.05) is 47.5 Å². The molecule has 0 rings (SSSR count). The molecule has 0 bridgehead atoms. The average Bonchev–Trinajstić information content (AvgIpc) is 3.41. The van der Waals surface area contributed by atoms with Gasteiger partial charge in [-0.2, -0.15) is 0 Å². The maximum atomic E-state index is 12.9. The molecule has 0 radical (unpaired) electrons. The first-order valence-corrected chi connectivity index (χ1v) is 33.7. The number of esters is 2. The third-order valence-corrected chi connectivity index (χ3v) is 15.1. The predicted molar refractivity (Wildman–Crippen MR) is 332 cm³/mol. The molecule has 0 saturated heterocycles. The van der Waals surface area contributed by atoms with Crippen LogP contribution in [0.4, 0.5) is 0 Å². The standard InChI is InChI=1S/C69H129NO8/c1-6-8-10-12-14-16-18-20-22-24-26-28-30-32-33-34-35-36-38-40-42-44-46-48-50-52-54-56-58-60-67(72)78-65(64-77-69(68(73)74)75-62-61-70(3,4)5)63-76-66(71)59-57-55-53-51-49-47-45-43-41-39-37-31-29-27-25-23-21-19-17-15-13-11-9-7-2/h18,20,24,26,30,32,65,69H,6-17,19,21-23,25,27-29,31,33-64H2,1-5H3/p+1/b20-18-,26-24-,32-30-. The van der Waals surface area contributed by atoms with E-state index in [1.807, 2.05) is 21.1 Å². The van der Waals surface area contributed by atoms with E-state index in [2.05, 4.69) is 50.3 Å². The Morgan fingerprint density at radius 3 is 1.03 bits per heavy atom. The van der Waals surface area contributed by atoms with Crippen molar-refractivity contribution in [1.29, 1.82) is 0 Å². The fourth-order valence-electron chi connectivity index (χ4n) is 9.97. The van der Waals surface area contributed by atoms with Crippen molar-refractivity contribution in [3.05, 3.63) is 36.5 Å². The molecule has 0 aliphatic carbocycles. The normalized spacial score (nSPS) is 12.9. The molecule has 0 amide bonds. The predicted octanol–water partition coefficient (Wildman–Crippen LogP) is 20.4. The smallest absolute Gasteiger partial charge is 0.361 e. The van der Waals surface area contributed by atoms with Gasteiger partial charge in [-0.15, -0.1) is 0 Å². The largest absolute Gasteiger partial charge is 0.477 e. The van der Waals surface area contributed by atoms with Crippen LogP contribution in [0, 0.1) is 0 Å². The van der Waals surface area contributed by atoms with Gasteiger partial charge in [0.1, 0.15) is 13.2 Å². The molecule has 0 aliphatic rings. The summed E-state index contributed by atoms with van der Waals surface area (Å²) in [6.07, 6.45) is 72.4. The Bertz CT molecular complexity index is 1370. The first-order chi connectivity index (χ1) is 38.1. The Balaban J connectivity index is 4.12. The number of rotatable bonds is 63. The van der Waals surface area contributed by atoms with Crippen molar-refractivity contribution in [2.24, 2.45) is 0 Å². The molecule has 9 nitrogen and oxygen atoms in total. The fourth-order valence-corrected chi connectivity index (χ4v) is 9.97. The molecule has 9 heteroatoms. The zero-order valence-corrected chi connectivity index (χ0v) is 52.3. The number of nitrogens with zero attached hydrogens (tertiary/aromatic N) is 1. The summed E-state index contributed by atoms with van der Waals surface area (Å²) >= 11 is 0. The van der Waals surface area contributed by atoms with Crippen LogP contribution in [0.15, 0.2) is 36.5 Å². The summed E-state index contributed by atoms with van der Waals surface area (Å²) < 4.78 is 23.0. The summed E-state index contributed by atoms with van der Waals surface area (Å²) in [5.41, 5.74) is 0. The van der Waals surface area contributed by atoms with Crippen LogP contribution in [-0.2, 0) is 33.3 Å². The Morgan fingerprint density at radius 2 is 0.692 bits per heavy atom. The molecule has 0 heterocycles. The highest BCUT2D eigenvalue weighted by molar-refractivity contribution is 5.71. The second-order valence-electron chi connectivity index (χ2n) is 24.1. The highest BCUT2D eigenvalue weighted by atomic mass is 16.7. The lowest BCUT2D eigenvalue weighted by atomic mass is 10.0. The van der Waals surface area contributed by atoms with Crippen LogP contribution in [0.1, 0.15) is 328 Å². The molecule has 0 aliphatic heterocycles. The lowest BCUT2D eigenvalue weighted by molar-refractivity contribution is -0.870. The summed E-state index contributed by atoms with van der Waals surface area (Å²) in [6, 6.07) is 0. The minimum Gasteiger partial charge on any atom is -0.477 e. The van der Waals surface area contributed by atoms with Crippen molar-refractivity contribution in [1.82, 2.24) is 0 Å². The van der Waals surface area contributed by atoms with Crippen LogP contribution in [0.2, 0.25) is 0 Å². The zero-order chi connectivity index (χ0) is 56.9. The Hall–Kier alpha value is -2.49. The van der Waals surface area contributed by atoms with E-state index in [-0.39, 0.29) is 38.2 Å². The van der Waals surface area contributed by atoms with E-state index in [0.717, 1.165) is 51.4 Å². The fraction of sp³-hybridized carbons (Fsp3) is 0.870. The molecule has 2 atom stereocenters. The summed E-state index contributed by atoms with van der Waals surface area (Å²) in [5, 5.41) is 9.73. The molecule has 78 heavy (non-hydrogen) atoms. The third-order valence-electron chi connectivity index (χ3n) is 15.1. The zero-order valence-electron chi connectivity index (χ0n) is 52.3. The van der Waals surface area contributed by atoms with Gasteiger partial charge < -0.3 is 28.5 Å². The number of aliphatic carboxylic acids is 1. The first-order valence-electron chi connectivity index (χ1n) is 33.7. The van der Waals surface area contributed by atoms with Gasteiger partial charge in [-0.1, -0.05) is 301 Å². The van der Waals surface area contributed by atoms with Gasteiger partial charge in [0.2, 0.25) is 0 Å². The van der Waals surface area contributed by atoms with Crippen LogP contribution in [0.3, 0.4) is 0 Å². The minimum atomic E-state index is -1.51. The molecule has 0 aromatic carbocycles. The molecule has 2 unspecified atom stereocenters. The lowest BCUT2D eigenvalue weighted by Crippen LogP contribution is -2.40. The molecule has 458 valence electrons. The van der Waals surface area contributed by atoms with E-state index in [1.165, 1.54) is 250 Å². The molecule has 0 spiro atoms. The number of carbonyl (C=O) groups excluding carboxylic acids is 2. The Kier molecular flexibility index (Phi) is 58.7. The van der Waals surface area contributed by atoms with Crippen molar-refractivity contribution in [3.8, 4) is 0 Å². The monoisotopic (exact) mass is 1100 g/mol. The van der Waals surface area contributed by atoms with E-state index >= 15 is 0 Å². The van der Waals surface area contributed by atoms with Gasteiger partial charge >= 0.3 is 17.9 Å². The van der Waals surface area contributed by atoms with Crippen LogP contribution in [0.25, 0.3) is 0 Å². The summed E-state index contributed by atoms with van der Waals surface area (Å²) in [6.45, 7) is 4.93. The quantitative estimate of drug-likeness (QED) is 0.0211. The molecule has 1 N–H and O–H groups in total. The minimum absolute atomic E-state index is 0.177. The number of carboxylic acid groups (broad SMARTS) is 1. The van der Waals surface area contributed by atoms with Gasteiger partial charge in [-0.05, 0) is 51.4 Å². The molecule has 0 saturated carbocycles. The topological polar surface area (TPSA) is 108 Å². The number of likely N-dealkylation sites (N-methyl/N-ethyl adjacent to an activating group) is 1. The van der Waals surface area contributed by atoms with Gasteiger partial charge in [0.05, 0.1) is 34.4 Å². The molecule has 0 fully saturated rings. The van der Waals surface area contributed by atoms with Crippen LogP contribution >= 0.6 is 0 Å². The molecular formula is C69H130NO8+. The van der Waals surface area contributed by atoms with E-state index in [9.17, 15) is 19.5 Å². The van der Waals surface area contributed by atoms with Crippen LogP contribution in [0.5, 0.6) is 0 Å². The number of quaternary nitrogens is 1. The van der Waals surface area contributed by atoms with E-state index in [1.54, 1.807) is 0 Å². The number of carbonyl (C=O) groups is 3. The number of unbranched alkanes of at least 4 members (excludes halogenated alkanes) is 42. The van der Waals surface area contributed by atoms with Crippen molar-refractivity contribution in [2.45, 2.75) is 341 Å². The second kappa shape index (κ2) is 60.6. The SMILES string of the molecule is CCCCCCC/C=C\C/C=C\C/C=C\CCCCCCCCCCCCCCCCC(=O)OC(COC(=O)CCCCCCCCCCCCCCCCCCCCCCCCCC)COC(OCC[N+](C)(C)C)C(=O)O. The molecule has 0 aromatic rings. The van der Waals surface area contributed by atoms with E-state index in [4.69, 9.17) is 18.9 Å². The summed E-state index contributed by atoms with van der Waals surface area (Å²) in [4.78, 5) is 37.6. The van der Waals surface area contributed by atoms with E-state index in [0.29, 0.717) is 17.4 Å². The number of ether oxygens (including phenoxy) is 4. The van der Waals surface area contributed by atoms with E-state index < -0.39 is 18.4 Å². The average molecular weight is 1100 g/mol. The first kappa shape index (κ1) is 75.5. The summed E-state index contributed by atoms with van der Waals surface area (Å²) in [7, 11) is 5.99. The Labute approximate surface area is 483 Å². The van der Waals surface area contributed by atoms with Gasteiger partial charge in [0.25, 0.3) is 6.29 Å². The van der Waals surface area contributed by atoms with Gasteiger partial charge in [-0.25, -0.2) is 4.79 Å². The van der Waals surface area contributed by atoms with Crippen LogP contribution in [-0.4, -0.2) is 87.4 Å². The lowest BCUT2D eigenvalue weighted by Gasteiger charge is -2.25. The highest BCUT2D eigenvalue weighted by Crippen LogP contribution is 2.18. The third kappa shape index (κ3) is 61.1. The molecular weight excluding hydrogens is 971 g/mol. The number of carboxylic acids is 1. The second-order valence-corrected chi connectivity index (χ2v) is 24.1. The maximum absolute atomic E-state index is 12.9. The highest BCUT2D eigenvalue weighted by Gasteiger charge is 2.25. The Morgan fingerprint density at radius 1 is 0.385 bits per heavy atom. The number of hydrogen-bond acceptors (Lipinski definition) is 7. The van der Waals surface area contributed by atoms with Gasteiger partial charge in [0.15, 0.2) is 6.10 Å².